The number of rotatable bonds is 4. The van der Waals surface area contributed by atoms with E-state index in [9.17, 15) is 4.79 Å². The molecule has 18 heavy (non-hydrogen) atoms. The molecule has 1 saturated heterocycles. The summed E-state index contributed by atoms with van der Waals surface area (Å²) in [6.45, 7) is 11.6. The van der Waals surface area contributed by atoms with Gasteiger partial charge in [-0.25, -0.2) is 4.79 Å². The number of amides is 1. The second-order valence-corrected chi connectivity index (χ2v) is 6.51. The first-order valence-corrected chi connectivity index (χ1v) is 6.96. The molecule has 1 fully saturated rings. The molecule has 0 saturated carbocycles. The van der Waals surface area contributed by atoms with Crippen LogP contribution in [-0.2, 0) is 4.74 Å². The fourth-order valence-corrected chi connectivity index (χ4v) is 2.56. The molecule has 1 rings (SSSR count). The lowest BCUT2D eigenvalue weighted by Gasteiger charge is -2.46. The minimum atomic E-state index is -0.418. The molecule has 2 atom stereocenters. The Morgan fingerprint density at radius 3 is 2.39 bits per heavy atom. The van der Waals surface area contributed by atoms with Crippen LogP contribution in [0.25, 0.3) is 0 Å². The average molecular weight is 256 g/mol. The fraction of sp³-hybridized carbons (Fsp3) is 0.929. The van der Waals surface area contributed by atoms with Gasteiger partial charge in [0, 0.05) is 12.6 Å². The van der Waals surface area contributed by atoms with Gasteiger partial charge in [-0.3, -0.25) is 0 Å². The lowest BCUT2D eigenvalue weighted by molar-refractivity contribution is -0.0242. The van der Waals surface area contributed by atoms with Crippen LogP contribution in [0.5, 0.6) is 0 Å². The third kappa shape index (κ3) is 3.87. The molecular formula is C14H28N2O2. The molecule has 1 heterocycles. The van der Waals surface area contributed by atoms with E-state index in [0.29, 0.717) is 24.4 Å². The van der Waals surface area contributed by atoms with E-state index < -0.39 is 5.60 Å². The number of likely N-dealkylation sites (tertiary alicyclic amines) is 1. The molecule has 0 spiro atoms. The molecule has 1 amide bonds. The van der Waals surface area contributed by atoms with Crippen LogP contribution in [0.2, 0.25) is 0 Å². The fourth-order valence-electron chi connectivity index (χ4n) is 2.56. The summed E-state index contributed by atoms with van der Waals surface area (Å²) in [5, 5.41) is 0. The van der Waals surface area contributed by atoms with Gasteiger partial charge in [0.2, 0.25) is 0 Å². The summed E-state index contributed by atoms with van der Waals surface area (Å²) in [6.07, 6.45) is 1.87. The average Bonchev–Trinajstić information content (AvgIpc) is 2.11. The topological polar surface area (TPSA) is 55.6 Å². The summed E-state index contributed by atoms with van der Waals surface area (Å²) in [7, 11) is 0. The first-order valence-electron chi connectivity index (χ1n) is 6.96. The number of hydrogen-bond donors (Lipinski definition) is 1. The van der Waals surface area contributed by atoms with Gasteiger partial charge in [0.1, 0.15) is 5.60 Å². The van der Waals surface area contributed by atoms with Crippen molar-refractivity contribution in [1.29, 1.82) is 0 Å². The number of nitrogens with zero attached hydrogens (tertiary/aromatic N) is 1. The van der Waals surface area contributed by atoms with E-state index in [4.69, 9.17) is 10.5 Å². The van der Waals surface area contributed by atoms with Crippen molar-refractivity contribution in [1.82, 2.24) is 4.90 Å². The molecule has 2 unspecified atom stereocenters. The summed E-state index contributed by atoms with van der Waals surface area (Å²) in [4.78, 5) is 13.9. The van der Waals surface area contributed by atoms with Crippen LogP contribution in [0.1, 0.15) is 47.5 Å². The second kappa shape index (κ2) is 5.91. The lowest BCUT2D eigenvalue weighted by Crippen LogP contribution is -2.57. The molecule has 1 aliphatic rings. The first kappa shape index (κ1) is 15.3. The second-order valence-electron chi connectivity index (χ2n) is 6.51. The normalized spacial score (nSPS) is 21.7. The van der Waals surface area contributed by atoms with Crippen LogP contribution in [0.4, 0.5) is 4.79 Å². The Hall–Kier alpha value is -0.770. The summed E-state index contributed by atoms with van der Waals surface area (Å²) in [5.74, 6) is 1.03. The summed E-state index contributed by atoms with van der Waals surface area (Å²) in [6, 6.07) is 0.309. The van der Waals surface area contributed by atoms with Crippen LogP contribution < -0.4 is 5.73 Å². The van der Waals surface area contributed by atoms with E-state index in [0.717, 1.165) is 19.4 Å². The molecule has 4 heteroatoms. The predicted octanol–water partition coefficient (Wildman–Crippen LogP) is 2.62. The highest BCUT2D eigenvalue weighted by molar-refractivity contribution is 5.69. The molecule has 106 valence electrons. The van der Waals surface area contributed by atoms with Gasteiger partial charge in [-0.1, -0.05) is 13.8 Å². The van der Waals surface area contributed by atoms with Gasteiger partial charge in [0.05, 0.1) is 0 Å². The van der Waals surface area contributed by atoms with E-state index in [-0.39, 0.29) is 6.09 Å². The van der Waals surface area contributed by atoms with Crippen LogP contribution in [0.3, 0.4) is 0 Å². The maximum Gasteiger partial charge on any atom is 0.410 e. The predicted molar refractivity (Wildman–Crippen MR) is 73.3 cm³/mol. The smallest absolute Gasteiger partial charge is 0.410 e. The number of carbonyl (C=O) groups is 1. The Kier molecular flexibility index (Phi) is 5.02. The third-order valence-corrected chi connectivity index (χ3v) is 3.54. The summed E-state index contributed by atoms with van der Waals surface area (Å²) < 4.78 is 5.44. The monoisotopic (exact) mass is 256 g/mol. The quantitative estimate of drug-likeness (QED) is 0.841. The zero-order valence-electron chi connectivity index (χ0n) is 12.4. The van der Waals surface area contributed by atoms with E-state index >= 15 is 0 Å². The first-order chi connectivity index (χ1) is 8.26. The van der Waals surface area contributed by atoms with Gasteiger partial charge in [0.15, 0.2) is 0 Å². The minimum Gasteiger partial charge on any atom is -0.444 e. The molecule has 0 bridgehead atoms. The minimum absolute atomic E-state index is 0.179. The summed E-state index contributed by atoms with van der Waals surface area (Å²) >= 11 is 0. The number of hydrogen-bond acceptors (Lipinski definition) is 3. The molecule has 2 N–H and O–H groups in total. The van der Waals surface area contributed by atoms with E-state index in [1.54, 1.807) is 0 Å². The molecule has 0 radical (unpaired) electrons. The molecule has 0 aromatic rings. The van der Waals surface area contributed by atoms with Crippen LogP contribution >= 0.6 is 0 Å². The van der Waals surface area contributed by atoms with Crippen molar-refractivity contribution < 1.29 is 9.53 Å². The Morgan fingerprint density at radius 2 is 2.06 bits per heavy atom. The Balaban J connectivity index is 2.61. The van der Waals surface area contributed by atoms with Crippen molar-refractivity contribution >= 4 is 6.09 Å². The van der Waals surface area contributed by atoms with Gasteiger partial charge in [0.25, 0.3) is 0 Å². The van der Waals surface area contributed by atoms with Gasteiger partial charge in [-0.2, -0.15) is 0 Å². The highest BCUT2D eigenvalue weighted by atomic mass is 16.6. The number of nitrogens with two attached hydrogens (primary N) is 1. The highest BCUT2D eigenvalue weighted by Crippen LogP contribution is 2.32. The van der Waals surface area contributed by atoms with Crippen molar-refractivity contribution in [3.05, 3.63) is 0 Å². The van der Waals surface area contributed by atoms with Crippen LogP contribution in [0.15, 0.2) is 0 Å². The molecule has 0 aromatic heterocycles. The van der Waals surface area contributed by atoms with Gasteiger partial charge in [-0.15, -0.1) is 0 Å². The van der Waals surface area contributed by atoms with Gasteiger partial charge < -0.3 is 15.4 Å². The third-order valence-electron chi connectivity index (χ3n) is 3.54. The van der Waals surface area contributed by atoms with Crippen molar-refractivity contribution in [2.24, 2.45) is 17.6 Å². The number of carbonyl (C=O) groups excluding carboxylic acids is 1. The summed E-state index contributed by atoms with van der Waals surface area (Å²) in [5.41, 5.74) is 5.25. The van der Waals surface area contributed by atoms with Crippen LogP contribution in [0, 0.1) is 11.8 Å². The zero-order valence-corrected chi connectivity index (χ0v) is 12.4. The zero-order chi connectivity index (χ0) is 13.9. The number of ether oxygens (including phenoxy) is 1. The molecule has 1 aliphatic heterocycles. The highest BCUT2D eigenvalue weighted by Gasteiger charge is 2.40. The Morgan fingerprint density at radius 1 is 1.44 bits per heavy atom. The molecular weight excluding hydrogens is 228 g/mol. The maximum absolute atomic E-state index is 12.1. The van der Waals surface area contributed by atoms with Gasteiger partial charge >= 0.3 is 6.09 Å². The van der Waals surface area contributed by atoms with E-state index in [2.05, 4.69) is 13.8 Å². The Labute approximate surface area is 111 Å². The van der Waals surface area contributed by atoms with Crippen molar-refractivity contribution in [2.45, 2.75) is 59.1 Å². The molecule has 4 nitrogen and oxygen atoms in total. The van der Waals surface area contributed by atoms with Crippen LogP contribution in [-0.4, -0.2) is 35.7 Å². The largest absolute Gasteiger partial charge is 0.444 e. The Bertz CT molecular complexity index is 284. The van der Waals surface area contributed by atoms with E-state index in [1.807, 2.05) is 25.7 Å². The standard InChI is InChI=1S/C14H28N2O2/c1-10(2)11(6-8-15)12-7-9-16(12)13(17)18-14(3,4)5/h10-12H,6-9,15H2,1-5H3. The lowest BCUT2D eigenvalue weighted by atomic mass is 9.80. The molecule has 0 aromatic carbocycles. The van der Waals surface area contributed by atoms with Crippen molar-refractivity contribution in [3.8, 4) is 0 Å². The van der Waals surface area contributed by atoms with E-state index in [1.165, 1.54) is 0 Å². The van der Waals surface area contributed by atoms with Crippen molar-refractivity contribution in [3.63, 3.8) is 0 Å². The maximum atomic E-state index is 12.1. The van der Waals surface area contributed by atoms with Crippen molar-refractivity contribution in [2.75, 3.05) is 13.1 Å². The SMILES string of the molecule is CC(C)C(CCN)C1CCN1C(=O)OC(C)(C)C. The molecule has 0 aliphatic carbocycles. The van der Waals surface area contributed by atoms with Gasteiger partial charge in [-0.05, 0) is 52.0 Å².